The Labute approximate surface area is 144 Å². The van der Waals surface area contributed by atoms with Gasteiger partial charge in [-0.25, -0.2) is 0 Å². The summed E-state index contributed by atoms with van der Waals surface area (Å²) in [4.78, 5) is 19.1. The summed E-state index contributed by atoms with van der Waals surface area (Å²) in [7, 11) is 0. The van der Waals surface area contributed by atoms with Crippen molar-refractivity contribution < 1.29 is 4.79 Å². The molecule has 0 bridgehead atoms. The minimum absolute atomic E-state index is 0.293. The molecule has 0 saturated heterocycles. The fourth-order valence-electron chi connectivity index (χ4n) is 3.56. The Bertz CT molecular complexity index is 621. The summed E-state index contributed by atoms with van der Waals surface area (Å²) in [6.45, 7) is 0.834. The number of nitrogens with zero attached hydrogens (tertiary/aromatic N) is 2. The van der Waals surface area contributed by atoms with Gasteiger partial charge in [-0.3, -0.25) is 9.78 Å². The zero-order valence-electron chi connectivity index (χ0n) is 14.2. The second-order valence-electron chi connectivity index (χ2n) is 6.62. The van der Waals surface area contributed by atoms with Crippen molar-refractivity contribution in [1.29, 1.82) is 0 Å². The van der Waals surface area contributed by atoms with Gasteiger partial charge >= 0.3 is 0 Å². The summed E-state index contributed by atoms with van der Waals surface area (Å²) in [6.07, 6.45) is 10.8. The Kier molecular flexibility index (Phi) is 6.00. The van der Waals surface area contributed by atoms with Gasteiger partial charge in [-0.1, -0.05) is 49.2 Å². The van der Waals surface area contributed by atoms with Crippen LogP contribution in [0.4, 0.5) is 0 Å². The van der Waals surface area contributed by atoms with E-state index in [0.717, 1.165) is 37.8 Å². The lowest BCUT2D eigenvalue weighted by Crippen LogP contribution is -2.40. The molecule has 24 heavy (non-hydrogen) atoms. The van der Waals surface area contributed by atoms with E-state index in [1.54, 1.807) is 6.20 Å². The lowest BCUT2D eigenvalue weighted by molar-refractivity contribution is -0.133. The molecule has 1 aromatic heterocycles. The molecule has 0 unspecified atom stereocenters. The summed E-state index contributed by atoms with van der Waals surface area (Å²) in [6, 6.07) is 14.9. The number of aryl methyl sites for hydroxylation is 1. The topological polar surface area (TPSA) is 33.2 Å². The lowest BCUT2D eigenvalue weighted by Gasteiger charge is -2.29. The normalized spacial score (nSPS) is 14.7. The highest BCUT2D eigenvalue weighted by molar-refractivity contribution is 5.76. The Morgan fingerprint density at radius 1 is 1.00 bits per heavy atom. The molecule has 1 amide bonds. The lowest BCUT2D eigenvalue weighted by atomic mass is 10.1. The fourth-order valence-corrected chi connectivity index (χ4v) is 3.56. The number of hydrogen-bond donors (Lipinski definition) is 0. The minimum Gasteiger partial charge on any atom is -0.339 e. The molecule has 3 rings (SSSR count). The Hall–Kier alpha value is -2.16. The van der Waals surface area contributed by atoms with Crippen molar-refractivity contribution >= 4 is 5.91 Å². The highest BCUT2D eigenvalue weighted by Gasteiger charge is 2.26. The van der Waals surface area contributed by atoms with E-state index in [1.165, 1.54) is 18.4 Å². The molecular weight excluding hydrogens is 296 g/mol. The molecule has 0 N–H and O–H groups in total. The van der Waals surface area contributed by atoms with E-state index in [0.29, 0.717) is 18.4 Å². The number of rotatable bonds is 7. The largest absolute Gasteiger partial charge is 0.339 e. The number of carbonyl (C=O) groups is 1. The third-order valence-corrected chi connectivity index (χ3v) is 4.92. The third-order valence-electron chi connectivity index (χ3n) is 4.92. The van der Waals surface area contributed by atoms with E-state index in [4.69, 9.17) is 0 Å². The van der Waals surface area contributed by atoms with Gasteiger partial charge in [0.1, 0.15) is 0 Å². The predicted octanol–water partition coefficient (Wildman–Crippen LogP) is 4.03. The number of carbonyl (C=O) groups excluding carboxylic acids is 1. The van der Waals surface area contributed by atoms with Gasteiger partial charge in [-0.05, 0) is 42.9 Å². The highest BCUT2D eigenvalue weighted by atomic mass is 16.2. The van der Waals surface area contributed by atoms with Gasteiger partial charge in [0.25, 0.3) is 0 Å². The monoisotopic (exact) mass is 322 g/mol. The molecule has 3 heteroatoms. The first kappa shape index (κ1) is 16.7. The van der Waals surface area contributed by atoms with E-state index in [9.17, 15) is 4.79 Å². The Morgan fingerprint density at radius 2 is 1.75 bits per heavy atom. The molecule has 0 atom stereocenters. The first-order valence-corrected chi connectivity index (χ1v) is 9.05. The third kappa shape index (κ3) is 4.67. The van der Waals surface area contributed by atoms with Crippen molar-refractivity contribution in [3.63, 3.8) is 0 Å². The summed E-state index contributed by atoms with van der Waals surface area (Å²) in [5.41, 5.74) is 2.45. The van der Waals surface area contributed by atoms with Crippen LogP contribution in [0.2, 0.25) is 0 Å². The van der Waals surface area contributed by atoms with Crippen LogP contribution in [0.25, 0.3) is 0 Å². The van der Waals surface area contributed by atoms with E-state index in [1.807, 2.05) is 24.4 Å². The summed E-state index contributed by atoms with van der Waals surface area (Å²) in [5, 5.41) is 0. The molecule has 1 aliphatic rings. The molecule has 1 fully saturated rings. The first-order chi connectivity index (χ1) is 11.8. The number of amides is 1. The van der Waals surface area contributed by atoms with Crippen LogP contribution in [0.15, 0.2) is 54.9 Å². The molecule has 1 aromatic carbocycles. The second-order valence-corrected chi connectivity index (χ2v) is 6.62. The number of hydrogen-bond acceptors (Lipinski definition) is 2. The quantitative estimate of drug-likeness (QED) is 0.771. The van der Waals surface area contributed by atoms with Crippen molar-refractivity contribution in [3.05, 3.63) is 66.0 Å². The van der Waals surface area contributed by atoms with Crippen LogP contribution in [0, 0.1) is 0 Å². The van der Waals surface area contributed by atoms with Gasteiger partial charge in [0.2, 0.25) is 5.91 Å². The van der Waals surface area contributed by atoms with Crippen LogP contribution in [0.3, 0.4) is 0 Å². The van der Waals surface area contributed by atoms with Crippen LogP contribution in [-0.2, 0) is 17.6 Å². The SMILES string of the molecule is O=C(CCc1cccnc1)N(CCc1ccccc1)C1CCCC1. The molecule has 126 valence electrons. The Balaban J connectivity index is 1.59. The van der Waals surface area contributed by atoms with Crippen molar-refractivity contribution in [2.24, 2.45) is 0 Å². The second kappa shape index (κ2) is 8.62. The standard InChI is InChI=1S/C21H26N2O/c24-21(13-12-19-9-6-15-22-17-19)23(20-10-4-5-11-20)16-14-18-7-2-1-3-8-18/h1-3,6-9,15,17,20H,4-5,10-14,16H2. The molecule has 1 saturated carbocycles. The number of aromatic nitrogens is 1. The zero-order valence-corrected chi connectivity index (χ0v) is 14.2. The molecule has 3 nitrogen and oxygen atoms in total. The van der Waals surface area contributed by atoms with Gasteiger partial charge in [-0.15, -0.1) is 0 Å². The zero-order chi connectivity index (χ0) is 16.6. The van der Waals surface area contributed by atoms with Crippen molar-refractivity contribution in [2.45, 2.75) is 51.0 Å². The Morgan fingerprint density at radius 3 is 2.46 bits per heavy atom. The molecule has 0 aliphatic heterocycles. The smallest absolute Gasteiger partial charge is 0.223 e. The molecule has 0 spiro atoms. The molecular formula is C21H26N2O. The van der Waals surface area contributed by atoms with Gasteiger partial charge in [0, 0.05) is 31.4 Å². The molecule has 1 heterocycles. The maximum absolute atomic E-state index is 12.8. The van der Waals surface area contributed by atoms with E-state index < -0.39 is 0 Å². The summed E-state index contributed by atoms with van der Waals surface area (Å²) < 4.78 is 0. The average molecular weight is 322 g/mol. The highest BCUT2D eigenvalue weighted by Crippen LogP contribution is 2.24. The van der Waals surface area contributed by atoms with E-state index in [-0.39, 0.29) is 0 Å². The van der Waals surface area contributed by atoms with Crippen molar-refractivity contribution in [2.75, 3.05) is 6.54 Å². The first-order valence-electron chi connectivity index (χ1n) is 9.05. The molecule has 1 aliphatic carbocycles. The summed E-state index contributed by atoms with van der Waals surface area (Å²) in [5.74, 6) is 0.293. The van der Waals surface area contributed by atoms with Crippen molar-refractivity contribution in [1.82, 2.24) is 9.88 Å². The fraction of sp³-hybridized carbons (Fsp3) is 0.429. The van der Waals surface area contributed by atoms with Crippen molar-refractivity contribution in [3.8, 4) is 0 Å². The molecule has 2 aromatic rings. The van der Waals surface area contributed by atoms with Crippen LogP contribution < -0.4 is 0 Å². The van der Waals surface area contributed by atoms with Gasteiger partial charge in [-0.2, -0.15) is 0 Å². The van der Waals surface area contributed by atoms with Crippen LogP contribution in [-0.4, -0.2) is 28.4 Å². The number of pyridine rings is 1. The average Bonchev–Trinajstić information content (AvgIpc) is 3.16. The molecule has 0 radical (unpaired) electrons. The summed E-state index contributed by atoms with van der Waals surface area (Å²) >= 11 is 0. The van der Waals surface area contributed by atoms with E-state index in [2.05, 4.69) is 34.1 Å². The van der Waals surface area contributed by atoms with Gasteiger partial charge in [0.05, 0.1) is 0 Å². The predicted molar refractivity (Wildman–Crippen MR) is 96.7 cm³/mol. The van der Waals surface area contributed by atoms with Crippen LogP contribution >= 0.6 is 0 Å². The van der Waals surface area contributed by atoms with Gasteiger partial charge < -0.3 is 4.90 Å². The van der Waals surface area contributed by atoms with Gasteiger partial charge in [0.15, 0.2) is 0 Å². The van der Waals surface area contributed by atoms with Crippen LogP contribution in [0.1, 0.15) is 43.2 Å². The maximum atomic E-state index is 12.8. The minimum atomic E-state index is 0.293. The number of benzene rings is 1. The van der Waals surface area contributed by atoms with Crippen LogP contribution in [0.5, 0.6) is 0 Å². The maximum Gasteiger partial charge on any atom is 0.223 e. The van der Waals surface area contributed by atoms with E-state index >= 15 is 0 Å².